The Balaban J connectivity index is 2.72. The summed E-state index contributed by atoms with van der Waals surface area (Å²) in [6.07, 6.45) is 7.74. The van der Waals surface area contributed by atoms with Gasteiger partial charge in [-0.25, -0.2) is 0 Å². The average molecular weight is 240 g/mol. The van der Waals surface area contributed by atoms with Gasteiger partial charge in [-0.05, 0) is 31.6 Å². The second-order valence-electron chi connectivity index (χ2n) is 6.08. The van der Waals surface area contributed by atoms with E-state index < -0.39 is 0 Å². The molecule has 1 saturated carbocycles. The van der Waals surface area contributed by atoms with Gasteiger partial charge >= 0.3 is 0 Å². The van der Waals surface area contributed by atoms with Gasteiger partial charge in [0, 0.05) is 24.7 Å². The van der Waals surface area contributed by atoms with Crippen molar-refractivity contribution in [3.8, 4) is 0 Å². The lowest BCUT2D eigenvalue weighted by Gasteiger charge is -2.43. The van der Waals surface area contributed by atoms with Crippen molar-refractivity contribution in [2.24, 2.45) is 11.7 Å². The summed E-state index contributed by atoms with van der Waals surface area (Å²) in [5, 5.41) is 0. The number of rotatable bonds is 6. The minimum Gasteiger partial charge on any atom is -0.326 e. The third kappa shape index (κ3) is 4.26. The molecular weight excluding hydrogens is 208 g/mol. The van der Waals surface area contributed by atoms with E-state index in [2.05, 4.69) is 32.6 Å². The summed E-state index contributed by atoms with van der Waals surface area (Å²) in [5.41, 5.74) is 6.36. The van der Waals surface area contributed by atoms with Crippen LogP contribution in [-0.2, 0) is 0 Å². The maximum atomic E-state index is 6.36. The molecule has 1 fully saturated rings. The van der Waals surface area contributed by atoms with Crippen molar-refractivity contribution in [2.45, 2.75) is 84.3 Å². The van der Waals surface area contributed by atoms with Gasteiger partial charge in [0.25, 0.3) is 0 Å². The number of nitrogens with two attached hydrogens (primary N) is 1. The van der Waals surface area contributed by atoms with Crippen molar-refractivity contribution >= 4 is 0 Å². The summed E-state index contributed by atoms with van der Waals surface area (Å²) in [7, 11) is 0. The first-order valence-electron chi connectivity index (χ1n) is 7.61. The minimum absolute atomic E-state index is 0.406. The predicted octanol–water partition coefficient (Wildman–Crippen LogP) is 3.40. The smallest absolute Gasteiger partial charge is 0.0250 e. The second-order valence-corrected chi connectivity index (χ2v) is 6.08. The van der Waals surface area contributed by atoms with Crippen molar-refractivity contribution in [3.63, 3.8) is 0 Å². The van der Waals surface area contributed by atoms with Crippen molar-refractivity contribution in [1.82, 2.24) is 4.90 Å². The molecule has 17 heavy (non-hydrogen) atoms. The molecular formula is C15H32N2. The highest BCUT2D eigenvalue weighted by atomic mass is 15.2. The number of nitrogens with zero attached hydrogens (tertiary/aromatic N) is 1. The summed E-state index contributed by atoms with van der Waals surface area (Å²) in [6, 6.07) is 1.77. The summed E-state index contributed by atoms with van der Waals surface area (Å²) >= 11 is 0. The molecule has 1 rings (SSSR count). The maximum absolute atomic E-state index is 6.36. The second kappa shape index (κ2) is 7.38. The zero-order chi connectivity index (χ0) is 12.8. The molecule has 1 aliphatic carbocycles. The van der Waals surface area contributed by atoms with Crippen molar-refractivity contribution < 1.29 is 0 Å². The molecule has 0 heterocycles. The quantitative estimate of drug-likeness (QED) is 0.771. The molecule has 0 saturated heterocycles. The third-order valence-electron chi connectivity index (χ3n) is 4.20. The monoisotopic (exact) mass is 240 g/mol. The first kappa shape index (κ1) is 15.0. The molecule has 102 valence electrons. The Labute approximate surface area is 108 Å². The van der Waals surface area contributed by atoms with Crippen LogP contribution in [0.3, 0.4) is 0 Å². The molecule has 0 aromatic heterocycles. The molecule has 0 radical (unpaired) electrons. The zero-order valence-electron chi connectivity index (χ0n) is 12.3. The fraction of sp³-hybridized carbons (Fsp3) is 1.00. The molecule has 2 heteroatoms. The molecule has 2 N–H and O–H groups in total. The highest BCUT2D eigenvalue weighted by Crippen LogP contribution is 2.26. The summed E-state index contributed by atoms with van der Waals surface area (Å²) in [6.45, 7) is 10.5. The predicted molar refractivity (Wildman–Crippen MR) is 76.1 cm³/mol. The number of hydrogen-bond donors (Lipinski definition) is 1. The maximum Gasteiger partial charge on any atom is 0.0250 e. The number of hydrogen-bond acceptors (Lipinski definition) is 2. The topological polar surface area (TPSA) is 29.3 Å². The van der Waals surface area contributed by atoms with Crippen LogP contribution in [0.1, 0.15) is 66.2 Å². The Kier molecular flexibility index (Phi) is 6.50. The lowest BCUT2D eigenvalue weighted by atomic mass is 9.88. The Morgan fingerprint density at radius 3 is 2.18 bits per heavy atom. The molecule has 1 aliphatic rings. The normalized spacial score (nSPS) is 26.1. The van der Waals surface area contributed by atoms with Crippen LogP contribution < -0.4 is 5.73 Å². The van der Waals surface area contributed by atoms with Crippen LogP contribution in [0.25, 0.3) is 0 Å². The summed E-state index contributed by atoms with van der Waals surface area (Å²) < 4.78 is 0. The standard InChI is InChI=1S/C15H32N2/c1-5-13(6-2)17(11-12(3)4)15-10-8-7-9-14(15)16/h12-15H,5-11,16H2,1-4H3. The third-order valence-corrected chi connectivity index (χ3v) is 4.20. The van der Waals surface area contributed by atoms with Gasteiger partial charge in [-0.2, -0.15) is 0 Å². The van der Waals surface area contributed by atoms with E-state index in [1.54, 1.807) is 0 Å². The Bertz CT molecular complexity index is 199. The van der Waals surface area contributed by atoms with Crippen LogP contribution in [0.4, 0.5) is 0 Å². The van der Waals surface area contributed by atoms with Crippen molar-refractivity contribution in [1.29, 1.82) is 0 Å². The summed E-state index contributed by atoms with van der Waals surface area (Å²) in [5.74, 6) is 0.740. The molecule has 2 nitrogen and oxygen atoms in total. The lowest BCUT2D eigenvalue weighted by Crippen LogP contribution is -2.54. The van der Waals surface area contributed by atoms with E-state index in [0.29, 0.717) is 12.1 Å². The zero-order valence-corrected chi connectivity index (χ0v) is 12.3. The lowest BCUT2D eigenvalue weighted by molar-refractivity contribution is 0.0723. The molecule has 0 aromatic carbocycles. The highest BCUT2D eigenvalue weighted by Gasteiger charge is 2.31. The molecule has 0 aromatic rings. The fourth-order valence-corrected chi connectivity index (χ4v) is 3.29. The average Bonchev–Trinajstić information content (AvgIpc) is 2.29. The van der Waals surface area contributed by atoms with Crippen molar-refractivity contribution in [3.05, 3.63) is 0 Å². The van der Waals surface area contributed by atoms with Gasteiger partial charge in [0.2, 0.25) is 0 Å². The molecule has 0 spiro atoms. The van der Waals surface area contributed by atoms with Crippen LogP contribution in [-0.4, -0.2) is 29.6 Å². The van der Waals surface area contributed by atoms with Gasteiger partial charge in [-0.15, -0.1) is 0 Å². The first-order valence-corrected chi connectivity index (χ1v) is 7.61. The van der Waals surface area contributed by atoms with E-state index in [9.17, 15) is 0 Å². The minimum atomic E-state index is 0.406. The largest absolute Gasteiger partial charge is 0.326 e. The Morgan fingerprint density at radius 1 is 1.12 bits per heavy atom. The van der Waals surface area contributed by atoms with Crippen LogP contribution in [0.2, 0.25) is 0 Å². The summed E-state index contributed by atoms with van der Waals surface area (Å²) in [4.78, 5) is 2.73. The van der Waals surface area contributed by atoms with Gasteiger partial charge in [0.1, 0.15) is 0 Å². The van der Waals surface area contributed by atoms with Crippen LogP contribution in [0, 0.1) is 5.92 Å². The van der Waals surface area contributed by atoms with Gasteiger partial charge in [-0.3, -0.25) is 4.90 Å². The van der Waals surface area contributed by atoms with Crippen LogP contribution in [0.15, 0.2) is 0 Å². The Morgan fingerprint density at radius 2 is 1.71 bits per heavy atom. The molecule has 0 bridgehead atoms. The Hall–Kier alpha value is -0.0800. The van der Waals surface area contributed by atoms with Gasteiger partial charge in [0.05, 0.1) is 0 Å². The highest BCUT2D eigenvalue weighted by molar-refractivity contribution is 4.89. The SMILES string of the molecule is CCC(CC)N(CC(C)C)C1CCCCC1N. The van der Waals surface area contributed by atoms with E-state index in [1.165, 1.54) is 45.1 Å². The molecule has 2 unspecified atom stereocenters. The van der Waals surface area contributed by atoms with Gasteiger partial charge < -0.3 is 5.73 Å². The van der Waals surface area contributed by atoms with Crippen molar-refractivity contribution in [2.75, 3.05) is 6.54 Å². The van der Waals surface area contributed by atoms with E-state index in [4.69, 9.17) is 5.73 Å². The van der Waals surface area contributed by atoms with Crippen LogP contribution >= 0.6 is 0 Å². The van der Waals surface area contributed by atoms with E-state index in [-0.39, 0.29) is 0 Å². The molecule has 2 atom stereocenters. The van der Waals surface area contributed by atoms with Gasteiger partial charge in [0.15, 0.2) is 0 Å². The van der Waals surface area contributed by atoms with Gasteiger partial charge in [-0.1, -0.05) is 40.5 Å². The molecule has 0 aliphatic heterocycles. The van der Waals surface area contributed by atoms with E-state index >= 15 is 0 Å². The van der Waals surface area contributed by atoms with E-state index in [0.717, 1.165) is 12.0 Å². The molecule has 0 amide bonds. The van der Waals surface area contributed by atoms with E-state index in [1.807, 2.05) is 0 Å². The first-order chi connectivity index (χ1) is 8.10. The fourth-order valence-electron chi connectivity index (χ4n) is 3.29. The van der Waals surface area contributed by atoms with Crippen LogP contribution in [0.5, 0.6) is 0 Å².